The van der Waals surface area contributed by atoms with Crippen molar-refractivity contribution in [3.8, 4) is 0 Å². The van der Waals surface area contributed by atoms with Gasteiger partial charge in [0.05, 0.1) is 19.3 Å². The average Bonchev–Trinajstić information content (AvgIpc) is 2.77. The number of morpholine rings is 1. The molecule has 0 aromatic heterocycles. The first-order valence-corrected chi connectivity index (χ1v) is 10.2. The molecule has 29 heavy (non-hydrogen) atoms. The second-order valence-electron chi connectivity index (χ2n) is 7.64. The summed E-state index contributed by atoms with van der Waals surface area (Å²) >= 11 is 0. The fourth-order valence-corrected chi connectivity index (χ4v) is 4.04. The number of ether oxygens (including phenoxy) is 1. The van der Waals surface area contributed by atoms with Gasteiger partial charge in [0, 0.05) is 58.0 Å². The molecular weight excluding hydrogens is 372 g/mol. The molecule has 0 spiro atoms. The van der Waals surface area contributed by atoms with Crippen LogP contribution in [0.3, 0.4) is 0 Å². The van der Waals surface area contributed by atoms with Gasteiger partial charge in [0.15, 0.2) is 0 Å². The lowest BCUT2D eigenvalue weighted by Crippen LogP contribution is -2.52. The molecule has 8 heteroatoms. The second kappa shape index (κ2) is 8.94. The van der Waals surface area contributed by atoms with E-state index in [4.69, 9.17) is 4.74 Å². The van der Waals surface area contributed by atoms with Crippen molar-refractivity contribution in [2.75, 3.05) is 80.7 Å². The highest BCUT2D eigenvalue weighted by Gasteiger charge is 2.29. The summed E-state index contributed by atoms with van der Waals surface area (Å²) in [5, 5.41) is 13.3. The molecule has 2 saturated heterocycles. The summed E-state index contributed by atoms with van der Waals surface area (Å²) in [5.41, 5.74) is 1.08. The zero-order chi connectivity index (χ0) is 20.2. The number of β-amino-alcohol motifs (C(OH)–C–C–N with tert-alkyl or cyclic N) is 1. The van der Waals surface area contributed by atoms with Crippen LogP contribution < -0.4 is 26.0 Å². The molecule has 0 bridgehead atoms. The van der Waals surface area contributed by atoms with Crippen molar-refractivity contribution in [1.29, 1.82) is 0 Å². The minimum Gasteiger partial charge on any atom is -0.390 e. The fraction of sp³-hybridized carbons (Fsp3) is 0.524. The summed E-state index contributed by atoms with van der Waals surface area (Å²) in [7, 11) is 0. The molecule has 2 fully saturated rings. The van der Waals surface area contributed by atoms with Gasteiger partial charge >= 0.3 is 0 Å². The lowest BCUT2D eigenvalue weighted by Gasteiger charge is -2.38. The smallest absolute Gasteiger partial charge is 0.253 e. The predicted molar refractivity (Wildman–Crippen MR) is 114 cm³/mol. The third-order valence-electron chi connectivity index (χ3n) is 5.69. The lowest BCUT2D eigenvalue weighted by molar-refractivity contribution is 0.0171. The van der Waals surface area contributed by atoms with Gasteiger partial charge in [-0.25, -0.2) is 0 Å². The van der Waals surface area contributed by atoms with Crippen molar-refractivity contribution in [1.82, 2.24) is 4.90 Å². The quantitative estimate of drug-likeness (QED) is 0.614. The molecular formula is C21H28N4O4. The third-order valence-corrected chi connectivity index (χ3v) is 5.69. The number of aliphatic hydroxyl groups excluding tert-OH is 1. The minimum atomic E-state index is -0.611. The van der Waals surface area contributed by atoms with Crippen molar-refractivity contribution in [2.24, 2.45) is 0 Å². The summed E-state index contributed by atoms with van der Waals surface area (Å²) < 4.78 is 5.31. The highest BCUT2D eigenvalue weighted by Crippen LogP contribution is 2.23. The Kier molecular flexibility index (Phi) is 6.13. The first kappa shape index (κ1) is 19.9. The molecule has 2 heterocycles. The summed E-state index contributed by atoms with van der Waals surface area (Å²) in [6, 6.07) is 10.2. The molecule has 0 unspecified atom stereocenters. The van der Waals surface area contributed by atoms with Crippen LogP contribution in [0.2, 0.25) is 0 Å². The van der Waals surface area contributed by atoms with Crippen molar-refractivity contribution in [3.05, 3.63) is 50.8 Å². The molecule has 2 N–H and O–H groups in total. The number of piperazine rings is 1. The Hall–Kier alpha value is -2.42. The maximum absolute atomic E-state index is 12.2. The van der Waals surface area contributed by atoms with Crippen LogP contribution in [0.5, 0.6) is 0 Å². The largest absolute Gasteiger partial charge is 0.390 e. The van der Waals surface area contributed by atoms with Crippen LogP contribution in [0.4, 0.5) is 17.1 Å². The molecule has 8 nitrogen and oxygen atoms in total. The monoisotopic (exact) mass is 400 g/mol. The van der Waals surface area contributed by atoms with Crippen molar-refractivity contribution < 1.29 is 9.84 Å². The van der Waals surface area contributed by atoms with Gasteiger partial charge < -0.3 is 25.0 Å². The molecule has 0 amide bonds. The van der Waals surface area contributed by atoms with Crippen molar-refractivity contribution in [3.63, 3.8) is 0 Å². The fourth-order valence-electron chi connectivity index (χ4n) is 4.04. The van der Waals surface area contributed by atoms with Gasteiger partial charge in [-0.3, -0.25) is 14.5 Å². The molecule has 4 rings (SSSR count). The van der Waals surface area contributed by atoms with Crippen LogP contribution in [-0.4, -0.2) is 81.7 Å². The van der Waals surface area contributed by atoms with Crippen molar-refractivity contribution in [2.45, 2.75) is 6.10 Å². The molecule has 0 aliphatic carbocycles. The van der Waals surface area contributed by atoms with Crippen LogP contribution in [0.1, 0.15) is 0 Å². The van der Waals surface area contributed by atoms with Crippen LogP contribution in [0, 0.1) is 0 Å². The molecule has 1 atom stereocenters. The summed E-state index contributed by atoms with van der Waals surface area (Å²) in [6.07, 6.45) is -0.611. The van der Waals surface area contributed by atoms with Crippen LogP contribution >= 0.6 is 0 Å². The van der Waals surface area contributed by atoms with Gasteiger partial charge in [-0.2, -0.15) is 0 Å². The van der Waals surface area contributed by atoms with Gasteiger partial charge in [-0.15, -0.1) is 0 Å². The van der Waals surface area contributed by atoms with Crippen LogP contribution in [0.15, 0.2) is 39.9 Å². The molecule has 0 saturated carbocycles. The van der Waals surface area contributed by atoms with Gasteiger partial charge in [0.25, 0.3) is 10.9 Å². The number of anilines is 3. The standard InChI is InChI=1S/C21H28N4O4/c26-17(15-23-10-12-29-13-11-23)14-22-18-19(21(28)20(18)27)25-8-6-24(7-9-25)16-4-2-1-3-5-16/h1-5,17,22,26H,6-15H2/t17-/m0/s1. The summed E-state index contributed by atoms with van der Waals surface area (Å²) in [6.45, 7) is 6.69. The number of hydrogen-bond acceptors (Lipinski definition) is 8. The van der Waals surface area contributed by atoms with E-state index in [0.717, 1.165) is 26.2 Å². The lowest BCUT2D eigenvalue weighted by atomic mass is 10.1. The number of aliphatic hydroxyl groups is 1. The van der Waals surface area contributed by atoms with Crippen molar-refractivity contribution >= 4 is 17.1 Å². The van der Waals surface area contributed by atoms with E-state index in [9.17, 15) is 14.7 Å². The molecule has 2 aliphatic rings. The van der Waals surface area contributed by atoms with Gasteiger partial charge in [0.2, 0.25) is 0 Å². The minimum absolute atomic E-state index is 0.249. The Morgan fingerprint density at radius 2 is 1.59 bits per heavy atom. The van der Waals surface area contributed by atoms with E-state index in [-0.39, 0.29) is 6.54 Å². The topological polar surface area (TPSA) is 85.3 Å². The van der Waals surface area contributed by atoms with Crippen LogP contribution in [-0.2, 0) is 4.74 Å². The number of hydrogen-bond donors (Lipinski definition) is 2. The number of nitrogens with zero attached hydrogens (tertiary/aromatic N) is 3. The van der Waals surface area contributed by atoms with E-state index in [0.29, 0.717) is 44.2 Å². The average molecular weight is 400 g/mol. The SMILES string of the molecule is O=c1c(NC[C@H](O)CN2CCOCC2)c(N2CCN(c3ccccc3)CC2)c1=O. The summed E-state index contributed by atoms with van der Waals surface area (Å²) in [5.74, 6) is 0. The Morgan fingerprint density at radius 3 is 2.28 bits per heavy atom. The molecule has 2 aromatic rings. The Morgan fingerprint density at radius 1 is 0.931 bits per heavy atom. The first-order valence-electron chi connectivity index (χ1n) is 10.2. The predicted octanol–water partition coefficient (Wildman–Crippen LogP) is -0.286. The van der Waals surface area contributed by atoms with E-state index in [2.05, 4.69) is 27.2 Å². The zero-order valence-electron chi connectivity index (χ0n) is 16.5. The molecule has 2 aromatic carbocycles. The van der Waals surface area contributed by atoms with Gasteiger partial charge in [0.1, 0.15) is 11.4 Å². The second-order valence-corrected chi connectivity index (χ2v) is 7.64. The van der Waals surface area contributed by atoms with E-state index < -0.39 is 17.0 Å². The maximum Gasteiger partial charge on any atom is 0.253 e. The van der Waals surface area contributed by atoms with E-state index >= 15 is 0 Å². The molecule has 0 radical (unpaired) electrons. The zero-order valence-corrected chi connectivity index (χ0v) is 16.5. The van der Waals surface area contributed by atoms with Gasteiger partial charge in [-0.1, -0.05) is 18.2 Å². The van der Waals surface area contributed by atoms with Crippen LogP contribution in [0.25, 0.3) is 0 Å². The highest BCUT2D eigenvalue weighted by atomic mass is 16.5. The highest BCUT2D eigenvalue weighted by molar-refractivity contribution is 5.75. The third kappa shape index (κ3) is 4.44. The Balaban J connectivity index is 1.32. The summed E-state index contributed by atoms with van der Waals surface area (Å²) in [4.78, 5) is 30.7. The molecule has 2 aliphatic heterocycles. The van der Waals surface area contributed by atoms with E-state index in [1.165, 1.54) is 5.69 Å². The van der Waals surface area contributed by atoms with Gasteiger partial charge in [-0.05, 0) is 12.1 Å². The maximum atomic E-state index is 12.2. The number of benzene rings is 1. The Bertz CT molecular complexity index is 867. The number of para-hydroxylation sites is 1. The number of rotatable bonds is 7. The van der Waals surface area contributed by atoms with E-state index in [1.54, 1.807) is 0 Å². The first-order chi connectivity index (χ1) is 14.1. The normalized spacial score (nSPS) is 19.5. The Labute approximate surface area is 170 Å². The molecule has 156 valence electrons. The number of nitrogens with one attached hydrogen (secondary N) is 1. The van der Waals surface area contributed by atoms with E-state index in [1.807, 2.05) is 23.1 Å².